The van der Waals surface area contributed by atoms with Gasteiger partial charge in [0.2, 0.25) is 0 Å². The Balaban J connectivity index is 1.74. The topological polar surface area (TPSA) is 55.4 Å². The number of ether oxygens (including phenoxy) is 6. The summed E-state index contributed by atoms with van der Waals surface area (Å²) in [7, 11) is 1.62. The van der Waals surface area contributed by atoms with E-state index < -0.39 is 12.1 Å². The van der Waals surface area contributed by atoms with Crippen molar-refractivity contribution in [2.24, 2.45) is 0 Å². The molecule has 0 bridgehead atoms. The van der Waals surface area contributed by atoms with E-state index >= 15 is 0 Å². The number of hydrogen-bond acceptors (Lipinski definition) is 7. The first-order chi connectivity index (χ1) is 8.50. The summed E-state index contributed by atoms with van der Waals surface area (Å²) in [5.41, 5.74) is 0. The summed E-state index contributed by atoms with van der Waals surface area (Å²) in [5.74, 6) is -0.653. The Bertz CT molecular complexity index is 359. The highest BCUT2D eigenvalue weighted by atomic mass is 32.1. The molecule has 102 valence electrons. The summed E-state index contributed by atoms with van der Waals surface area (Å²) in [5, 5.41) is 0.151. The molecule has 0 aromatic heterocycles. The molecule has 18 heavy (non-hydrogen) atoms. The zero-order valence-corrected chi connectivity index (χ0v) is 11.3. The molecule has 3 saturated heterocycles. The number of methoxy groups -OCH3 is 1. The lowest BCUT2D eigenvalue weighted by molar-refractivity contribution is -0.225. The molecule has 6 nitrogen and oxygen atoms in total. The van der Waals surface area contributed by atoms with Crippen LogP contribution in [0, 0.1) is 0 Å². The molecule has 3 fully saturated rings. The van der Waals surface area contributed by atoms with Gasteiger partial charge in [-0.1, -0.05) is 0 Å². The highest BCUT2D eigenvalue weighted by Crippen LogP contribution is 2.40. The van der Waals surface area contributed by atoms with Crippen LogP contribution in [0.25, 0.3) is 0 Å². The summed E-state index contributed by atoms with van der Waals surface area (Å²) < 4.78 is 33.3. The van der Waals surface area contributed by atoms with Gasteiger partial charge in [-0.3, -0.25) is 0 Å². The molecule has 5 atom stereocenters. The predicted octanol–water partition coefficient (Wildman–Crippen LogP) is 0.578. The summed E-state index contributed by atoms with van der Waals surface area (Å²) in [6, 6.07) is 0. The highest BCUT2D eigenvalue weighted by Gasteiger charge is 2.58. The highest BCUT2D eigenvalue weighted by molar-refractivity contribution is 7.79. The molecule has 0 aromatic carbocycles. The lowest BCUT2D eigenvalue weighted by Crippen LogP contribution is -2.43. The summed E-state index contributed by atoms with van der Waals surface area (Å²) in [6.45, 7) is 4.06. The smallest absolute Gasteiger partial charge is 0.352 e. The van der Waals surface area contributed by atoms with Crippen LogP contribution in [-0.2, 0) is 28.4 Å². The molecule has 3 rings (SSSR count). The zero-order valence-electron chi connectivity index (χ0n) is 10.5. The minimum absolute atomic E-state index is 0.151. The Morgan fingerprint density at radius 1 is 1.28 bits per heavy atom. The Morgan fingerprint density at radius 3 is 2.67 bits per heavy atom. The maximum atomic E-state index is 5.82. The van der Waals surface area contributed by atoms with E-state index in [1.807, 2.05) is 13.8 Å². The van der Waals surface area contributed by atoms with Crippen LogP contribution >= 0.6 is 12.2 Å². The molecule has 3 aliphatic rings. The van der Waals surface area contributed by atoms with Crippen LogP contribution in [0.3, 0.4) is 0 Å². The molecule has 3 heterocycles. The Labute approximate surface area is 110 Å². The third-order valence-electron chi connectivity index (χ3n) is 3.28. The van der Waals surface area contributed by atoms with Crippen LogP contribution in [0.4, 0.5) is 0 Å². The predicted molar refractivity (Wildman–Crippen MR) is 62.9 cm³/mol. The minimum atomic E-state index is -0.653. The largest absolute Gasteiger partial charge is 0.453 e. The van der Waals surface area contributed by atoms with Crippen molar-refractivity contribution < 1.29 is 28.4 Å². The average Bonchev–Trinajstić information content (AvgIpc) is 2.89. The van der Waals surface area contributed by atoms with E-state index in [1.165, 1.54) is 0 Å². The second-order valence-corrected chi connectivity index (χ2v) is 5.32. The van der Waals surface area contributed by atoms with Gasteiger partial charge in [0.1, 0.15) is 24.9 Å². The molecular formula is C11H16O6S. The van der Waals surface area contributed by atoms with Crippen LogP contribution in [0.15, 0.2) is 0 Å². The number of hydrogen-bond donors (Lipinski definition) is 0. The summed E-state index contributed by atoms with van der Waals surface area (Å²) in [6.07, 6.45) is -1.53. The SMILES string of the molecule is CO[C@@H]1[C@H]2OC(C)(C)O[C@H]2O[C@@H]1[C@H]1COC(=S)O1. The fraction of sp³-hybridized carbons (Fsp3) is 0.909. The van der Waals surface area contributed by atoms with E-state index in [-0.39, 0.29) is 29.7 Å². The lowest BCUT2D eigenvalue weighted by atomic mass is 10.1. The van der Waals surface area contributed by atoms with Crippen molar-refractivity contribution in [2.75, 3.05) is 13.7 Å². The van der Waals surface area contributed by atoms with E-state index in [0.29, 0.717) is 6.61 Å². The first-order valence-electron chi connectivity index (χ1n) is 5.87. The van der Waals surface area contributed by atoms with Gasteiger partial charge in [-0.05, 0) is 13.8 Å². The fourth-order valence-corrected chi connectivity index (χ4v) is 2.77. The maximum Gasteiger partial charge on any atom is 0.352 e. The summed E-state index contributed by atoms with van der Waals surface area (Å²) >= 11 is 4.84. The van der Waals surface area contributed by atoms with Crippen LogP contribution in [0.1, 0.15) is 13.8 Å². The molecule has 0 spiro atoms. The first kappa shape index (κ1) is 12.6. The normalized spacial score (nSPS) is 45.7. The number of rotatable bonds is 2. The van der Waals surface area contributed by atoms with Gasteiger partial charge in [0.15, 0.2) is 18.2 Å². The molecule has 3 aliphatic heterocycles. The average molecular weight is 276 g/mol. The van der Waals surface area contributed by atoms with Crippen LogP contribution in [-0.4, -0.2) is 55.4 Å². The molecular weight excluding hydrogens is 260 g/mol. The quantitative estimate of drug-likeness (QED) is 0.684. The number of fused-ring (bicyclic) bond motifs is 1. The van der Waals surface area contributed by atoms with Crippen LogP contribution in [0.5, 0.6) is 0 Å². The van der Waals surface area contributed by atoms with Gasteiger partial charge in [-0.15, -0.1) is 0 Å². The van der Waals surface area contributed by atoms with Crippen molar-refractivity contribution in [3.8, 4) is 0 Å². The molecule has 0 unspecified atom stereocenters. The van der Waals surface area contributed by atoms with Crippen molar-refractivity contribution in [3.63, 3.8) is 0 Å². The molecule has 0 N–H and O–H groups in total. The van der Waals surface area contributed by atoms with E-state index in [2.05, 4.69) is 0 Å². The summed E-state index contributed by atoms with van der Waals surface area (Å²) in [4.78, 5) is 0. The minimum Gasteiger partial charge on any atom is -0.453 e. The van der Waals surface area contributed by atoms with Crippen molar-refractivity contribution in [2.45, 2.75) is 50.3 Å². The van der Waals surface area contributed by atoms with Gasteiger partial charge in [0.05, 0.1) is 0 Å². The zero-order chi connectivity index (χ0) is 12.9. The van der Waals surface area contributed by atoms with E-state index in [9.17, 15) is 0 Å². The Hall–Kier alpha value is -0.470. The van der Waals surface area contributed by atoms with E-state index in [1.54, 1.807) is 7.11 Å². The maximum absolute atomic E-state index is 5.82. The van der Waals surface area contributed by atoms with Crippen molar-refractivity contribution in [1.29, 1.82) is 0 Å². The molecule has 0 aliphatic carbocycles. The van der Waals surface area contributed by atoms with Crippen molar-refractivity contribution >= 4 is 17.5 Å². The third-order valence-corrected chi connectivity index (χ3v) is 3.49. The second-order valence-electron chi connectivity index (χ2n) is 4.99. The molecule has 0 saturated carbocycles. The third kappa shape index (κ3) is 2.00. The van der Waals surface area contributed by atoms with Gasteiger partial charge in [-0.2, -0.15) is 0 Å². The Morgan fingerprint density at radius 2 is 2.06 bits per heavy atom. The van der Waals surface area contributed by atoms with Gasteiger partial charge in [0, 0.05) is 19.3 Å². The van der Waals surface area contributed by atoms with Gasteiger partial charge < -0.3 is 28.4 Å². The van der Waals surface area contributed by atoms with Gasteiger partial charge >= 0.3 is 5.24 Å². The second kappa shape index (κ2) is 4.28. The van der Waals surface area contributed by atoms with E-state index in [4.69, 9.17) is 40.6 Å². The molecule has 0 radical (unpaired) electrons. The van der Waals surface area contributed by atoms with Gasteiger partial charge in [-0.25, -0.2) is 0 Å². The first-order valence-corrected chi connectivity index (χ1v) is 6.28. The molecule has 7 heteroatoms. The molecule has 0 aromatic rings. The number of thiocarbonyl (C=S) groups is 1. The Kier molecular flexibility index (Phi) is 2.98. The van der Waals surface area contributed by atoms with Crippen molar-refractivity contribution in [3.05, 3.63) is 0 Å². The van der Waals surface area contributed by atoms with Crippen LogP contribution < -0.4 is 0 Å². The lowest BCUT2D eigenvalue weighted by Gasteiger charge is -2.26. The monoisotopic (exact) mass is 276 g/mol. The fourth-order valence-electron chi connectivity index (χ4n) is 2.58. The van der Waals surface area contributed by atoms with Gasteiger partial charge in [0.25, 0.3) is 0 Å². The van der Waals surface area contributed by atoms with Crippen molar-refractivity contribution in [1.82, 2.24) is 0 Å². The molecule has 0 amide bonds. The van der Waals surface area contributed by atoms with E-state index in [0.717, 1.165) is 0 Å². The van der Waals surface area contributed by atoms with Crippen LogP contribution in [0.2, 0.25) is 0 Å². The standard InChI is InChI=1S/C11H16O6S/c1-11(2)16-8-7(12-3)6(15-9(8)17-11)5-4-13-10(18)14-5/h5-9H,4H2,1-3H3/t5-,6-,7+,8-,9-/m1/s1.